The van der Waals surface area contributed by atoms with E-state index in [9.17, 15) is 0 Å². The quantitative estimate of drug-likeness (QED) is 0.465. The molecule has 0 aromatic rings. The summed E-state index contributed by atoms with van der Waals surface area (Å²) >= 11 is 0. The topological polar surface area (TPSA) is 15.3 Å². The van der Waals surface area contributed by atoms with E-state index < -0.39 is 0 Å². The molecule has 0 aliphatic heterocycles. The second kappa shape index (κ2) is 10.8. The van der Waals surface area contributed by atoms with Gasteiger partial charge in [0.05, 0.1) is 0 Å². The van der Waals surface area contributed by atoms with Gasteiger partial charge in [-0.15, -0.1) is 0 Å². The first-order chi connectivity index (χ1) is 8.13. The molecule has 0 amide bonds. The van der Waals surface area contributed by atoms with Gasteiger partial charge in [0, 0.05) is 6.04 Å². The highest BCUT2D eigenvalue weighted by atomic mass is 15.1. The number of rotatable bonds is 10. The Bertz CT molecular complexity index is 195. The number of nitrogens with zero attached hydrogens (tertiary/aromatic N) is 1. The SMILES string of the molecule is CC=C(C)CCC(C)NCCCN(CC)CC. The summed E-state index contributed by atoms with van der Waals surface area (Å²) in [5.41, 5.74) is 1.50. The van der Waals surface area contributed by atoms with Gasteiger partial charge in [0.2, 0.25) is 0 Å². The summed E-state index contributed by atoms with van der Waals surface area (Å²) in [4.78, 5) is 2.48. The van der Waals surface area contributed by atoms with Crippen molar-refractivity contribution in [1.29, 1.82) is 0 Å². The number of allylic oxidation sites excluding steroid dienone is 2. The van der Waals surface area contributed by atoms with Crippen LogP contribution < -0.4 is 5.32 Å². The minimum Gasteiger partial charge on any atom is -0.314 e. The maximum absolute atomic E-state index is 3.61. The summed E-state index contributed by atoms with van der Waals surface area (Å²) in [6.45, 7) is 15.8. The molecule has 1 atom stereocenters. The van der Waals surface area contributed by atoms with Crippen molar-refractivity contribution in [2.75, 3.05) is 26.2 Å². The van der Waals surface area contributed by atoms with Crippen molar-refractivity contribution in [2.45, 2.75) is 59.9 Å². The first-order valence-corrected chi connectivity index (χ1v) is 7.21. The molecule has 0 saturated heterocycles. The van der Waals surface area contributed by atoms with Crippen molar-refractivity contribution < 1.29 is 0 Å². The van der Waals surface area contributed by atoms with Crippen LogP contribution in [0, 0.1) is 0 Å². The Kier molecular flexibility index (Phi) is 10.6. The highest BCUT2D eigenvalue weighted by molar-refractivity contribution is 4.95. The zero-order valence-corrected chi connectivity index (χ0v) is 12.6. The number of nitrogens with one attached hydrogen (secondary N) is 1. The first-order valence-electron chi connectivity index (χ1n) is 7.21. The summed E-state index contributed by atoms with van der Waals surface area (Å²) in [5, 5.41) is 3.61. The van der Waals surface area contributed by atoms with Crippen LogP contribution in [0.1, 0.15) is 53.9 Å². The molecule has 1 N–H and O–H groups in total. The third-order valence-electron chi connectivity index (χ3n) is 3.50. The lowest BCUT2D eigenvalue weighted by Gasteiger charge is -2.19. The molecule has 0 bridgehead atoms. The van der Waals surface area contributed by atoms with E-state index in [-0.39, 0.29) is 0 Å². The highest BCUT2D eigenvalue weighted by Crippen LogP contribution is 2.06. The van der Waals surface area contributed by atoms with Crippen molar-refractivity contribution in [3.63, 3.8) is 0 Å². The average molecular weight is 240 g/mol. The molecular weight excluding hydrogens is 208 g/mol. The van der Waals surface area contributed by atoms with Gasteiger partial charge in [-0.05, 0) is 66.2 Å². The first kappa shape index (κ1) is 16.7. The zero-order valence-electron chi connectivity index (χ0n) is 12.6. The van der Waals surface area contributed by atoms with Gasteiger partial charge in [-0.25, -0.2) is 0 Å². The molecule has 102 valence electrons. The van der Waals surface area contributed by atoms with Crippen molar-refractivity contribution in [3.05, 3.63) is 11.6 Å². The lowest BCUT2D eigenvalue weighted by atomic mass is 10.1. The van der Waals surface area contributed by atoms with E-state index in [0.717, 1.165) is 6.54 Å². The molecule has 0 radical (unpaired) electrons. The van der Waals surface area contributed by atoms with E-state index >= 15 is 0 Å². The Morgan fingerprint density at radius 3 is 2.47 bits per heavy atom. The largest absolute Gasteiger partial charge is 0.314 e. The van der Waals surface area contributed by atoms with Gasteiger partial charge in [-0.1, -0.05) is 25.5 Å². The van der Waals surface area contributed by atoms with E-state index in [0.29, 0.717) is 6.04 Å². The maximum atomic E-state index is 3.61. The molecule has 0 aromatic carbocycles. The van der Waals surface area contributed by atoms with Gasteiger partial charge in [-0.2, -0.15) is 0 Å². The maximum Gasteiger partial charge on any atom is 0.00417 e. The van der Waals surface area contributed by atoms with Crippen molar-refractivity contribution in [2.24, 2.45) is 0 Å². The van der Waals surface area contributed by atoms with Gasteiger partial charge < -0.3 is 10.2 Å². The minimum atomic E-state index is 0.640. The van der Waals surface area contributed by atoms with Crippen LogP contribution in [0.5, 0.6) is 0 Å². The highest BCUT2D eigenvalue weighted by Gasteiger charge is 2.02. The van der Waals surface area contributed by atoms with Crippen LogP contribution in [0.25, 0.3) is 0 Å². The fraction of sp³-hybridized carbons (Fsp3) is 0.867. The van der Waals surface area contributed by atoms with E-state index in [1.165, 1.54) is 44.5 Å². The Labute approximate surface area is 108 Å². The van der Waals surface area contributed by atoms with E-state index in [2.05, 4.69) is 50.9 Å². The minimum absolute atomic E-state index is 0.640. The molecule has 1 unspecified atom stereocenters. The molecular formula is C15H32N2. The molecule has 2 nitrogen and oxygen atoms in total. The predicted molar refractivity (Wildman–Crippen MR) is 78.5 cm³/mol. The summed E-state index contributed by atoms with van der Waals surface area (Å²) in [5.74, 6) is 0. The lowest BCUT2D eigenvalue weighted by Crippen LogP contribution is -2.31. The number of hydrogen-bond donors (Lipinski definition) is 1. The normalized spacial score (nSPS) is 14.4. The Morgan fingerprint density at radius 1 is 1.29 bits per heavy atom. The zero-order chi connectivity index (χ0) is 13.1. The molecule has 17 heavy (non-hydrogen) atoms. The standard InChI is InChI=1S/C15H32N2/c1-6-14(4)10-11-15(5)16-12-9-13-17(7-2)8-3/h6,15-16H,7-13H2,1-5H3. The van der Waals surface area contributed by atoms with E-state index in [1.54, 1.807) is 0 Å². The average Bonchev–Trinajstić information content (AvgIpc) is 2.36. The van der Waals surface area contributed by atoms with Crippen LogP contribution in [-0.4, -0.2) is 37.1 Å². The summed E-state index contributed by atoms with van der Waals surface area (Å²) in [6.07, 6.45) is 5.95. The van der Waals surface area contributed by atoms with Crippen LogP contribution >= 0.6 is 0 Å². The molecule has 0 saturated carbocycles. The van der Waals surface area contributed by atoms with Crippen LogP contribution in [-0.2, 0) is 0 Å². The molecule has 0 heterocycles. The third kappa shape index (κ3) is 9.37. The Hall–Kier alpha value is -0.340. The Balaban J connectivity index is 3.48. The third-order valence-corrected chi connectivity index (χ3v) is 3.50. The summed E-state index contributed by atoms with van der Waals surface area (Å²) in [7, 11) is 0. The Morgan fingerprint density at radius 2 is 1.94 bits per heavy atom. The second-order valence-electron chi connectivity index (χ2n) is 4.91. The van der Waals surface area contributed by atoms with Gasteiger partial charge in [0.25, 0.3) is 0 Å². The van der Waals surface area contributed by atoms with Crippen LogP contribution in [0.2, 0.25) is 0 Å². The van der Waals surface area contributed by atoms with Gasteiger partial charge in [0.15, 0.2) is 0 Å². The van der Waals surface area contributed by atoms with Gasteiger partial charge in [-0.3, -0.25) is 0 Å². The molecule has 0 rings (SSSR count). The van der Waals surface area contributed by atoms with E-state index in [1.807, 2.05) is 0 Å². The predicted octanol–water partition coefficient (Wildman–Crippen LogP) is 3.44. The molecule has 0 aromatic heterocycles. The monoisotopic (exact) mass is 240 g/mol. The van der Waals surface area contributed by atoms with Gasteiger partial charge >= 0.3 is 0 Å². The smallest absolute Gasteiger partial charge is 0.00417 e. The summed E-state index contributed by atoms with van der Waals surface area (Å²) in [6, 6.07) is 0.640. The van der Waals surface area contributed by atoms with Crippen molar-refractivity contribution >= 4 is 0 Å². The fourth-order valence-electron chi connectivity index (χ4n) is 1.88. The molecule has 0 aliphatic carbocycles. The van der Waals surface area contributed by atoms with Crippen LogP contribution in [0.4, 0.5) is 0 Å². The fourth-order valence-corrected chi connectivity index (χ4v) is 1.88. The molecule has 0 fully saturated rings. The molecule has 0 spiro atoms. The second-order valence-corrected chi connectivity index (χ2v) is 4.91. The van der Waals surface area contributed by atoms with Crippen molar-refractivity contribution in [1.82, 2.24) is 10.2 Å². The van der Waals surface area contributed by atoms with Crippen LogP contribution in [0.3, 0.4) is 0 Å². The van der Waals surface area contributed by atoms with E-state index in [4.69, 9.17) is 0 Å². The lowest BCUT2D eigenvalue weighted by molar-refractivity contribution is 0.295. The molecule has 2 heteroatoms. The summed E-state index contributed by atoms with van der Waals surface area (Å²) < 4.78 is 0. The van der Waals surface area contributed by atoms with Gasteiger partial charge in [0.1, 0.15) is 0 Å². The molecule has 0 aliphatic rings. The van der Waals surface area contributed by atoms with Crippen LogP contribution in [0.15, 0.2) is 11.6 Å². The number of hydrogen-bond acceptors (Lipinski definition) is 2. The van der Waals surface area contributed by atoms with Crippen molar-refractivity contribution in [3.8, 4) is 0 Å².